The molecule has 0 aliphatic carbocycles. The predicted molar refractivity (Wildman–Crippen MR) is 117 cm³/mol. The molecule has 0 bridgehead atoms. The molecule has 1 aromatic carbocycles. The van der Waals surface area contributed by atoms with Gasteiger partial charge in [-0.2, -0.15) is 0 Å². The van der Waals surface area contributed by atoms with Crippen molar-refractivity contribution in [2.45, 2.75) is 32.1 Å². The lowest BCUT2D eigenvalue weighted by molar-refractivity contribution is -0.136. The number of rotatable bonds is 5. The van der Waals surface area contributed by atoms with Crippen molar-refractivity contribution in [3.8, 4) is 5.75 Å². The van der Waals surface area contributed by atoms with E-state index < -0.39 is 0 Å². The summed E-state index contributed by atoms with van der Waals surface area (Å²) in [5.74, 6) is 0.881. The Morgan fingerprint density at radius 3 is 2.19 bits per heavy atom. The van der Waals surface area contributed by atoms with Crippen LogP contribution in [0.15, 0.2) is 24.3 Å². The fourth-order valence-corrected chi connectivity index (χ4v) is 4.53. The molecule has 31 heavy (non-hydrogen) atoms. The molecule has 3 aliphatic rings. The zero-order chi connectivity index (χ0) is 21.6. The number of benzene rings is 1. The molecule has 2 saturated heterocycles. The average molecular weight is 429 g/mol. The van der Waals surface area contributed by atoms with E-state index in [1.165, 1.54) is 6.42 Å². The number of carbonyl (C=O) groups excluding carboxylic acids is 3. The third-order valence-electron chi connectivity index (χ3n) is 6.37. The summed E-state index contributed by atoms with van der Waals surface area (Å²) in [6.45, 7) is 5.80. The van der Waals surface area contributed by atoms with Crippen LogP contribution in [0, 0.1) is 0 Å². The third kappa shape index (κ3) is 5.36. The summed E-state index contributed by atoms with van der Waals surface area (Å²) in [6, 6.07) is 7.50. The number of nitrogens with zero attached hydrogens (tertiary/aromatic N) is 4. The average Bonchev–Trinajstić information content (AvgIpc) is 2.83. The fraction of sp³-hybridized carbons (Fsp3) is 0.609. The summed E-state index contributed by atoms with van der Waals surface area (Å²) in [4.78, 5) is 45.5. The molecule has 0 atom stereocenters. The standard InChI is InChI=1S/C23H32N4O4/c28-21(8-9-22(29)27-16-17-31-20-7-3-2-6-19(20)27)26-14-12-24(13-15-26)18-23(30)25-10-4-1-5-11-25/h2-3,6-7H,1,4-5,8-18H2. The third-order valence-corrected chi connectivity index (χ3v) is 6.37. The second-order valence-corrected chi connectivity index (χ2v) is 8.46. The van der Waals surface area contributed by atoms with E-state index in [0.717, 1.165) is 31.6 Å². The van der Waals surface area contributed by atoms with E-state index in [4.69, 9.17) is 4.74 Å². The first-order chi connectivity index (χ1) is 15.1. The Morgan fingerprint density at radius 2 is 1.42 bits per heavy atom. The highest BCUT2D eigenvalue weighted by Gasteiger charge is 2.27. The van der Waals surface area contributed by atoms with E-state index in [1.807, 2.05) is 34.1 Å². The maximum absolute atomic E-state index is 12.7. The molecule has 0 spiro atoms. The second-order valence-electron chi connectivity index (χ2n) is 8.46. The summed E-state index contributed by atoms with van der Waals surface area (Å²) < 4.78 is 5.60. The monoisotopic (exact) mass is 428 g/mol. The minimum absolute atomic E-state index is 0.0110. The van der Waals surface area contributed by atoms with Gasteiger partial charge in [-0.25, -0.2) is 0 Å². The van der Waals surface area contributed by atoms with Crippen LogP contribution in [0.4, 0.5) is 5.69 Å². The van der Waals surface area contributed by atoms with Gasteiger partial charge in [-0.15, -0.1) is 0 Å². The van der Waals surface area contributed by atoms with Gasteiger partial charge in [0.25, 0.3) is 0 Å². The molecular formula is C23H32N4O4. The van der Waals surface area contributed by atoms with Crippen LogP contribution in [0.1, 0.15) is 32.1 Å². The van der Waals surface area contributed by atoms with Crippen LogP contribution in [0.3, 0.4) is 0 Å². The summed E-state index contributed by atoms with van der Waals surface area (Å²) in [7, 11) is 0. The van der Waals surface area contributed by atoms with Crippen molar-refractivity contribution in [1.29, 1.82) is 0 Å². The van der Waals surface area contributed by atoms with Gasteiger partial charge >= 0.3 is 0 Å². The molecule has 0 aromatic heterocycles. The van der Waals surface area contributed by atoms with E-state index in [2.05, 4.69) is 4.90 Å². The van der Waals surface area contributed by atoms with Crippen LogP contribution in [-0.2, 0) is 14.4 Å². The lowest BCUT2D eigenvalue weighted by Crippen LogP contribution is -2.52. The van der Waals surface area contributed by atoms with Crippen molar-refractivity contribution in [2.24, 2.45) is 0 Å². The first-order valence-electron chi connectivity index (χ1n) is 11.4. The van der Waals surface area contributed by atoms with E-state index in [-0.39, 0.29) is 30.6 Å². The van der Waals surface area contributed by atoms with Gasteiger partial charge in [-0.3, -0.25) is 19.3 Å². The summed E-state index contributed by atoms with van der Waals surface area (Å²) in [5, 5.41) is 0. The number of carbonyl (C=O) groups is 3. The van der Waals surface area contributed by atoms with Crippen molar-refractivity contribution in [2.75, 3.05) is 63.9 Å². The van der Waals surface area contributed by atoms with Gasteiger partial charge in [-0.1, -0.05) is 12.1 Å². The van der Waals surface area contributed by atoms with E-state index in [0.29, 0.717) is 51.6 Å². The zero-order valence-corrected chi connectivity index (χ0v) is 18.1. The maximum atomic E-state index is 12.7. The van der Waals surface area contributed by atoms with Gasteiger partial charge < -0.3 is 19.4 Å². The molecule has 8 heteroatoms. The van der Waals surface area contributed by atoms with Crippen molar-refractivity contribution >= 4 is 23.4 Å². The lowest BCUT2D eigenvalue weighted by atomic mass is 10.1. The van der Waals surface area contributed by atoms with Crippen LogP contribution in [0.2, 0.25) is 0 Å². The number of fused-ring (bicyclic) bond motifs is 1. The minimum Gasteiger partial charge on any atom is -0.490 e. The fourth-order valence-electron chi connectivity index (χ4n) is 4.53. The van der Waals surface area contributed by atoms with Gasteiger partial charge in [0.05, 0.1) is 18.8 Å². The van der Waals surface area contributed by atoms with Gasteiger partial charge in [0, 0.05) is 52.1 Å². The van der Waals surface area contributed by atoms with Crippen LogP contribution in [-0.4, -0.2) is 91.4 Å². The van der Waals surface area contributed by atoms with E-state index in [1.54, 1.807) is 4.90 Å². The summed E-state index contributed by atoms with van der Waals surface area (Å²) in [5.41, 5.74) is 0.776. The smallest absolute Gasteiger partial charge is 0.236 e. The number of hydrogen-bond donors (Lipinski definition) is 0. The normalized spacial score (nSPS) is 19.5. The maximum Gasteiger partial charge on any atom is 0.236 e. The number of likely N-dealkylation sites (tertiary alicyclic amines) is 1. The highest BCUT2D eigenvalue weighted by atomic mass is 16.5. The Hall–Kier alpha value is -2.61. The number of para-hydroxylation sites is 2. The molecule has 3 amide bonds. The second kappa shape index (κ2) is 10.1. The van der Waals surface area contributed by atoms with Gasteiger partial charge in [0.15, 0.2) is 0 Å². The molecule has 0 N–H and O–H groups in total. The number of amides is 3. The largest absolute Gasteiger partial charge is 0.490 e. The molecule has 1 aromatic rings. The lowest BCUT2D eigenvalue weighted by Gasteiger charge is -2.36. The van der Waals surface area contributed by atoms with E-state index in [9.17, 15) is 14.4 Å². The molecule has 168 valence electrons. The van der Waals surface area contributed by atoms with Crippen molar-refractivity contribution in [1.82, 2.24) is 14.7 Å². The first-order valence-corrected chi connectivity index (χ1v) is 11.4. The quantitative estimate of drug-likeness (QED) is 0.708. The topological polar surface area (TPSA) is 73.4 Å². The molecule has 0 unspecified atom stereocenters. The number of piperidine rings is 1. The van der Waals surface area contributed by atoms with Gasteiger partial charge in [0.2, 0.25) is 17.7 Å². The van der Waals surface area contributed by atoms with Gasteiger partial charge in [0.1, 0.15) is 12.4 Å². The molecule has 2 fully saturated rings. The number of piperazine rings is 1. The van der Waals surface area contributed by atoms with Crippen molar-refractivity contribution in [3.05, 3.63) is 24.3 Å². The summed E-state index contributed by atoms with van der Waals surface area (Å²) >= 11 is 0. The zero-order valence-electron chi connectivity index (χ0n) is 18.1. The van der Waals surface area contributed by atoms with Gasteiger partial charge in [-0.05, 0) is 31.4 Å². The predicted octanol–water partition coefficient (Wildman–Crippen LogP) is 1.35. The number of hydrogen-bond acceptors (Lipinski definition) is 5. The molecule has 3 aliphatic heterocycles. The molecule has 8 nitrogen and oxygen atoms in total. The molecular weight excluding hydrogens is 396 g/mol. The molecule has 3 heterocycles. The Kier molecular flexibility index (Phi) is 7.06. The van der Waals surface area contributed by atoms with Crippen LogP contribution in [0.25, 0.3) is 0 Å². The Labute approximate surface area is 183 Å². The highest BCUT2D eigenvalue weighted by Crippen LogP contribution is 2.31. The molecule has 0 saturated carbocycles. The SMILES string of the molecule is O=C(CCC(=O)N1CCOc2ccccc21)N1CCN(CC(=O)N2CCCCC2)CC1. The Morgan fingerprint density at radius 1 is 0.742 bits per heavy atom. The van der Waals surface area contributed by atoms with Crippen molar-refractivity contribution < 1.29 is 19.1 Å². The summed E-state index contributed by atoms with van der Waals surface area (Å²) in [6.07, 6.45) is 3.82. The molecule has 4 rings (SSSR count). The Balaban J connectivity index is 1.20. The number of anilines is 1. The Bertz CT molecular complexity index is 801. The van der Waals surface area contributed by atoms with Crippen LogP contribution in [0.5, 0.6) is 5.75 Å². The van der Waals surface area contributed by atoms with E-state index >= 15 is 0 Å². The molecule has 0 radical (unpaired) electrons. The van der Waals surface area contributed by atoms with Crippen molar-refractivity contribution in [3.63, 3.8) is 0 Å². The van der Waals surface area contributed by atoms with Crippen LogP contribution >= 0.6 is 0 Å². The number of ether oxygens (including phenoxy) is 1. The highest BCUT2D eigenvalue weighted by molar-refractivity contribution is 5.97. The minimum atomic E-state index is -0.0464. The first kappa shape index (κ1) is 21.6. The van der Waals surface area contributed by atoms with Crippen LogP contribution < -0.4 is 9.64 Å².